The van der Waals surface area contributed by atoms with Crippen molar-refractivity contribution in [2.45, 2.75) is 26.3 Å². The molecule has 3 heteroatoms. The van der Waals surface area contributed by atoms with Gasteiger partial charge < -0.3 is 15.2 Å². The third-order valence-electron chi connectivity index (χ3n) is 2.82. The quantitative estimate of drug-likeness (QED) is 0.550. The van der Waals surface area contributed by atoms with Crippen molar-refractivity contribution in [1.82, 2.24) is 5.32 Å². The lowest BCUT2D eigenvalue weighted by Crippen LogP contribution is -2.23. The molecule has 100 valence electrons. The van der Waals surface area contributed by atoms with E-state index in [0.717, 1.165) is 30.7 Å². The molecule has 1 atom stereocenters. The SMILES string of the molecule is C=CCCOCCNC(C)c1ccc(C)cc1O. The molecular weight excluding hydrogens is 226 g/mol. The Bertz CT molecular complexity index is 377. The van der Waals surface area contributed by atoms with Crippen LogP contribution in [0, 0.1) is 6.92 Å². The van der Waals surface area contributed by atoms with Gasteiger partial charge in [0.25, 0.3) is 0 Å². The summed E-state index contributed by atoms with van der Waals surface area (Å²) in [4.78, 5) is 0. The van der Waals surface area contributed by atoms with E-state index in [0.29, 0.717) is 12.4 Å². The van der Waals surface area contributed by atoms with Gasteiger partial charge in [-0.2, -0.15) is 0 Å². The predicted molar refractivity (Wildman–Crippen MR) is 74.9 cm³/mol. The zero-order valence-corrected chi connectivity index (χ0v) is 11.3. The molecule has 3 nitrogen and oxygen atoms in total. The van der Waals surface area contributed by atoms with Crippen molar-refractivity contribution < 1.29 is 9.84 Å². The van der Waals surface area contributed by atoms with Crippen LogP contribution in [0.5, 0.6) is 5.75 Å². The molecule has 0 aliphatic rings. The fraction of sp³-hybridized carbons (Fsp3) is 0.467. The first-order chi connectivity index (χ1) is 8.65. The number of phenolic OH excluding ortho intramolecular Hbond substituents is 1. The molecule has 0 heterocycles. The summed E-state index contributed by atoms with van der Waals surface area (Å²) < 4.78 is 5.41. The number of phenols is 1. The molecule has 0 bridgehead atoms. The van der Waals surface area contributed by atoms with Gasteiger partial charge in [-0.05, 0) is 31.9 Å². The van der Waals surface area contributed by atoms with E-state index in [2.05, 4.69) is 11.9 Å². The highest BCUT2D eigenvalue weighted by Gasteiger charge is 2.09. The van der Waals surface area contributed by atoms with E-state index in [9.17, 15) is 5.11 Å². The van der Waals surface area contributed by atoms with Crippen LogP contribution in [0.3, 0.4) is 0 Å². The van der Waals surface area contributed by atoms with Crippen LogP contribution in [-0.4, -0.2) is 24.9 Å². The summed E-state index contributed by atoms with van der Waals surface area (Å²) in [6.45, 7) is 9.80. The van der Waals surface area contributed by atoms with E-state index in [-0.39, 0.29) is 6.04 Å². The van der Waals surface area contributed by atoms with Gasteiger partial charge in [0.05, 0.1) is 13.2 Å². The van der Waals surface area contributed by atoms with Crippen LogP contribution in [0.25, 0.3) is 0 Å². The molecule has 1 aromatic carbocycles. The highest BCUT2D eigenvalue weighted by Crippen LogP contribution is 2.24. The predicted octanol–water partition coefficient (Wildman–Crippen LogP) is 2.94. The molecule has 0 aromatic heterocycles. The smallest absolute Gasteiger partial charge is 0.120 e. The lowest BCUT2D eigenvalue weighted by atomic mass is 10.1. The van der Waals surface area contributed by atoms with Gasteiger partial charge in [-0.3, -0.25) is 0 Å². The largest absolute Gasteiger partial charge is 0.508 e. The molecule has 2 N–H and O–H groups in total. The summed E-state index contributed by atoms with van der Waals surface area (Å²) in [6.07, 6.45) is 2.73. The molecule has 0 spiro atoms. The fourth-order valence-corrected chi connectivity index (χ4v) is 1.75. The Morgan fingerprint density at radius 3 is 2.89 bits per heavy atom. The van der Waals surface area contributed by atoms with E-state index in [1.165, 1.54) is 0 Å². The summed E-state index contributed by atoms with van der Waals surface area (Å²) >= 11 is 0. The second-order valence-electron chi connectivity index (χ2n) is 4.43. The van der Waals surface area contributed by atoms with Crippen LogP contribution in [0.2, 0.25) is 0 Å². The zero-order chi connectivity index (χ0) is 13.4. The number of hydrogen-bond donors (Lipinski definition) is 2. The van der Waals surface area contributed by atoms with Crippen LogP contribution < -0.4 is 5.32 Å². The Balaban J connectivity index is 2.31. The van der Waals surface area contributed by atoms with Crippen LogP contribution in [0.1, 0.15) is 30.5 Å². The lowest BCUT2D eigenvalue weighted by Gasteiger charge is -2.16. The maximum absolute atomic E-state index is 9.85. The van der Waals surface area contributed by atoms with Gasteiger partial charge in [0.15, 0.2) is 0 Å². The second-order valence-corrected chi connectivity index (χ2v) is 4.43. The monoisotopic (exact) mass is 249 g/mol. The fourth-order valence-electron chi connectivity index (χ4n) is 1.75. The van der Waals surface area contributed by atoms with Crippen molar-refractivity contribution in [3.05, 3.63) is 42.0 Å². The number of aromatic hydroxyl groups is 1. The van der Waals surface area contributed by atoms with Gasteiger partial charge in [0.1, 0.15) is 5.75 Å². The van der Waals surface area contributed by atoms with Crippen molar-refractivity contribution in [3.63, 3.8) is 0 Å². The minimum Gasteiger partial charge on any atom is -0.508 e. The number of nitrogens with one attached hydrogen (secondary N) is 1. The molecule has 0 saturated carbocycles. The summed E-state index contributed by atoms with van der Waals surface area (Å²) in [5.41, 5.74) is 1.99. The van der Waals surface area contributed by atoms with Crippen LogP contribution in [0.4, 0.5) is 0 Å². The van der Waals surface area contributed by atoms with Crippen LogP contribution in [0.15, 0.2) is 30.9 Å². The Labute approximate surface area is 109 Å². The van der Waals surface area contributed by atoms with Crippen molar-refractivity contribution in [3.8, 4) is 5.75 Å². The van der Waals surface area contributed by atoms with Crippen LogP contribution >= 0.6 is 0 Å². The summed E-state index contributed by atoms with van der Waals surface area (Å²) in [6, 6.07) is 5.87. The Morgan fingerprint density at radius 1 is 1.44 bits per heavy atom. The Morgan fingerprint density at radius 2 is 2.22 bits per heavy atom. The summed E-state index contributed by atoms with van der Waals surface area (Å²) in [5.74, 6) is 0.350. The molecule has 0 amide bonds. The third-order valence-corrected chi connectivity index (χ3v) is 2.82. The molecular formula is C15H23NO2. The minimum absolute atomic E-state index is 0.119. The molecule has 1 rings (SSSR count). The Kier molecular flexibility index (Phi) is 6.47. The molecule has 0 aliphatic heterocycles. The first-order valence-corrected chi connectivity index (χ1v) is 6.36. The highest BCUT2D eigenvalue weighted by atomic mass is 16.5. The van der Waals surface area contributed by atoms with E-state index in [1.54, 1.807) is 6.07 Å². The van der Waals surface area contributed by atoms with Gasteiger partial charge in [-0.15, -0.1) is 6.58 Å². The van der Waals surface area contributed by atoms with Crippen molar-refractivity contribution in [2.24, 2.45) is 0 Å². The van der Waals surface area contributed by atoms with Gasteiger partial charge >= 0.3 is 0 Å². The number of benzene rings is 1. The average Bonchev–Trinajstić information content (AvgIpc) is 2.33. The van der Waals surface area contributed by atoms with Gasteiger partial charge in [-0.1, -0.05) is 18.2 Å². The molecule has 0 fully saturated rings. The number of rotatable bonds is 8. The summed E-state index contributed by atoms with van der Waals surface area (Å²) in [7, 11) is 0. The van der Waals surface area contributed by atoms with Crippen molar-refractivity contribution in [1.29, 1.82) is 0 Å². The third kappa shape index (κ3) is 4.90. The van der Waals surface area contributed by atoms with Crippen molar-refractivity contribution >= 4 is 0 Å². The highest BCUT2D eigenvalue weighted by molar-refractivity contribution is 5.37. The molecule has 1 unspecified atom stereocenters. The van der Waals surface area contributed by atoms with E-state index in [1.807, 2.05) is 32.1 Å². The number of aryl methyl sites for hydroxylation is 1. The topological polar surface area (TPSA) is 41.5 Å². The molecule has 0 saturated heterocycles. The zero-order valence-electron chi connectivity index (χ0n) is 11.3. The minimum atomic E-state index is 0.119. The maximum Gasteiger partial charge on any atom is 0.120 e. The average molecular weight is 249 g/mol. The molecule has 1 aromatic rings. The van der Waals surface area contributed by atoms with Gasteiger partial charge in [0, 0.05) is 18.2 Å². The van der Waals surface area contributed by atoms with Crippen molar-refractivity contribution in [2.75, 3.05) is 19.8 Å². The normalized spacial score (nSPS) is 12.3. The molecule has 0 aliphatic carbocycles. The standard InChI is InChI=1S/C15H23NO2/c1-4-5-9-18-10-8-16-13(3)14-7-6-12(2)11-15(14)17/h4,6-7,11,13,16-17H,1,5,8-10H2,2-3H3. The van der Waals surface area contributed by atoms with Gasteiger partial charge in [-0.25, -0.2) is 0 Å². The summed E-state index contributed by atoms with van der Waals surface area (Å²) in [5, 5.41) is 13.2. The van der Waals surface area contributed by atoms with E-state index >= 15 is 0 Å². The molecule has 0 radical (unpaired) electrons. The molecule has 18 heavy (non-hydrogen) atoms. The van der Waals surface area contributed by atoms with E-state index < -0.39 is 0 Å². The first-order valence-electron chi connectivity index (χ1n) is 6.36. The maximum atomic E-state index is 9.85. The second kappa shape index (κ2) is 7.90. The first kappa shape index (κ1) is 14.7. The number of ether oxygens (including phenoxy) is 1. The number of hydrogen-bond acceptors (Lipinski definition) is 3. The van der Waals surface area contributed by atoms with Crippen LogP contribution in [-0.2, 0) is 4.74 Å². The van der Waals surface area contributed by atoms with E-state index in [4.69, 9.17) is 4.74 Å². The lowest BCUT2D eigenvalue weighted by molar-refractivity contribution is 0.138. The van der Waals surface area contributed by atoms with Gasteiger partial charge in [0.2, 0.25) is 0 Å². The Hall–Kier alpha value is -1.32.